The molecule has 1 aliphatic heterocycles. The van der Waals surface area contributed by atoms with Crippen LogP contribution < -0.4 is 0 Å². The van der Waals surface area contributed by atoms with Gasteiger partial charge in [0.2, 0.25) is 0 Å². The molecule has 3 fully saturated rings. The molecule has 0 unspecified atom stereocenters. The van der Waals surface area contributed by atoms with E-state index in [4.69, 9.17) is 15.0 Å². The number of Topliss-reactive ketones (excluding diaryl/α,β-unsaturated/α-hetero) is 1. The van der Waals surface area contributed by atoms with Crippen molar-refractivity contribution in [3.8, 4) is 0 Å². The summed E-state index contributed by atoms with van der Waals surface area (Å²) in [7, 11) is 0. The Balaban J connectivity index is 2.02. The van der Waals surface area contributed by atoms with Gasteiger partial charge in [0.15, 0.2) is 0 Å². The van der Waals surface area contributed by atoms with Gasteiger partial charge in [-0.25, -0.2) is 0 Å². The molecule has 0 aromatic carbocycles. The number of ether oxygens (including phenoxy) is 2. The summed E-state index contributed by atoms with van der Waals surface area (Å²) in [4.78, 5) is 26.8. The number of ketones is 1. The van der Waals surface area contributed by atoms with E-state index in [0.29, 0.717) is 6.42 Å². The highest BCUT2D eigenvalue weighted by Gasteiger charge is 2.75. The van der Waals surface area contributed by atoms with Crippen LogP contribution in [-0.2, 0) is 23.2 Å². The van der Waals surface area contributed by atoms with Crippen LogP contribution in [0.1, 0.15) is 62.7 Å². The Hall–Kier alpha value is -0.930. The van der Waals surface area contributed by atoms with Gasteiger partial charge in [0.1, 0.15) is 23.1 Å². The van der Waals surface area contributed by atoms with Crippen LogP contribution in [0.2, 0.25) is 0 Å². The Kier molecular flexibility index (Phi) is 5.61. The summed E-state index contributed by atoms with van der Waals surface area (Å²) in [6.07, 6.45) is -1.59. The highest BCUT2D eigenvalue weighted by molar-refractivity contribution is 7.93. The zero-order valence-electron chi connectivity index (χ0n) is 21.6. The summed E-state index contributed by atoms with van der Waals surface area (Å²) < 4.78 is 25.1. The predicted octanol–water partition coefficient (Wildman–Crippen LogP) is 3.07. The maximum atomic E-state index is 14.4. The molecule has 2 bridgehead atoms. The van der Waals surface area contributed by atoms with Crippen LogP contribution in [0.15, 0.2) is 11.1 Å². The first-order valence-corrected chi connectivity index (χ1v) is 12.7. The van der Waals surface area contributed by atoms with Crippen molar-refractivity contribution in [3.05, 3.63) is 11.1 Å². The third kappa shape index (κ3) is 3.10. The van der Waals surface area contributed by atoms with E-state index in [1.54, 1.807) is 0 Å². The molecule has 7 nitrogen and oxygen atoms in total. The van der Waals surface area contributed by atoms with Gasteiger partial charge < -0.3 is 23.9 Å². The number of rotatable bonds is 3. The third-order valence-corrected chi connectivity index (χ3v) is 9.99. The Labute approximate surface area is 202 Å². The van der Waals surface area contributed by atoms with Crippen molar-refractivity contribution >= 4 is 23.8 Å². The largest absolute Gasteiger partial charge is 0.459 e. The second kappa shape index (κ2) is 7.79. The number of esters is 1. The molecule has 8 heteroatoms. The summed E-state index contributed by atoms with van der Waals surface area (Å²) in [6.45, 7) is 12.7. The van der Waals surface area contributed by atoms with E-state index in [1.807, 2.05) is 41.5 Å². The zero-order valence-corrected chi connectivity index (χ0v) is 21.5. The smallest absolute Gasteiger partial charge is 0.303 e. The van der Waals surface area contributed by atoms with Crippen molar-refractivity contribution in [1.29, 1.82) is 0 Å². The number of fused-ring (bicyclic) bond motifs is 5. The van der Waals surface area contributed by atoms with Crippen LogP contribution in [0, 0.1) is 28.6 Å². The topological polar surface area (TPSA) is 102 Å². The molecule has 1 heterocycles. The number of hydrogen-bond donors (Lipinski definition) is 2. The molecule has 9 atom stereocenters. The first kappa shape index (κ1) is 23.8. The van der Waals surface area contributed by atoms with Gasteiger partial charge in [0, 0.05) is 43.6 Å². The van der Waals surface area contributed by atoms with Crippen molar-refractivity contribution in [2.45, 2.75) is 90.8 Å². The molecule has 4 aliphatic rings. The van der Waals surface area contributed by atoms with Crippen LogP contribution >= 0.6 is 12.0 Å². The summed E-state index contributed by atoms with van der Waals surface area (Å²) >= 11 is 0.978. The molecule has 0 aromatic heterocycles. The van der Waals surface area contributed by atoms with Gasteiger partial charge in [-0.15, -0.1) is 0 Å². The van der Waals surface area contributed by atoms with E-state index in [1.165, 1.54) is 6.92 Å². The molecule has 3 aliphatic carbocycles. The van der Waals surface area contributed by atoms with E-state index in [9.17, 15) is 19.8 Å². The maximum absolute atomic E-state index is 14.4. The molecule has 0 amide bonds. The Morgan fingerprint density at radius 1 is 1.27 bits per heavy atom. The van der Waals surface area contributed by atoms with Gasteiger partial charge in [-0.3, -0.25) is 9.59 Å². The van der Waals surface area contributed by atoms with Gasteiger partial charge >= 0.3 is 5.97 Å². The van der Waals surface area contributed by atoms with Gasteiger partial charge in [0.05, 0.1) is 18.8 Å². The third-order valence-electron chi connectivity index (χ3n) is 9.62. The van der Waals surface area contributed by atoms with Crippen LogP contribution in [-0.4, -0.2) is 64.3 Å². The minimum Gasteiger partial charge on any atom is -0.459 e. The molecule has 33 heavy (non-hydrogen) atoms. The molecule has 4 rings (SSSR count). The number of carbonyl (C=O) groups excluding carboxylic acids is 2. The Morgan fingerprint density at radius 3 is 2.48 bits per heavy atom. The van der Waals surface area contributed by atoms with Gasteiger partial charge in [0.25, 0.3) is 0 Å². The molecule has 0 aromatic rings. The normalized spacial score (nSPS) is 49.1. The maximum Gasteiger partial charge on any atom is 0.303 e. The molecule has 0 radical (unpaired) electrons. The minimum absolute atomic E-state index is 0.0141. The SMILES string of the molecule is [3H]CSO[C@H]1C[C@@]2(O)[C@@H](OC(C)=O)[C@@H]3[C@]4(O)CO[C@@H]4C[C@H](C)[C@@]3(C)C(=O)[C@H](C)C(=C1C)C2(C)C. The van der Waals surface area contributed by atoms with Crippen LogP contribution in [0.5, 0.6) is 0 Å². The highest BCUT2D eigenvalue weighted by Crippen LogP contribution is 2.65. The molecule has 2 saturated carbocycles. The molecular weight excluding hydrogens is 444 g/mol. The fraction of sp³-hybridized carbons (Fsp3) is 0.840. The summed E-state index contributed by atoms with van der Waals surface area (Å²) in [5.41, 5.74) is -3.38. The fourth-order valence-electron chi connectivity index (χ4n) is 7.65. The monoisotopic (exact) mass is 484 g/mol. The molecule has 0 spiro atoms. The second-order valence-electron chi connectivity index (χ2n) is 11.4. The molecular formula is C25H38O7S. The van der Waals surface area contributed by atoms with Crippen molar-refractivity contribution in [2.75, 3.05) is 12.8 Å². The predicted molar refractivity (Wildman–Crippen MR) is 124 cm³/mol. The van der Waals surface area contributed by atoms with E-state index in [2.05, 4.69) is 0 Å². The van der Waals surface area contributed by atoms with Crippen molar-refractivity contribution in [3.63, 3.8) is 0 Å². The first-order valence-electron chi connectivity index (χ1n) is 12.4. The lowest BCUT2D eigenvalue weighted by molar-refractivity contribution is -0.338. The zero-order chi connectivity index (χ0) is 25.4. The fourth-order valence-corrected chi connectivity index (χ4v) is 8.03. The summed E-state index contributed by atoms with van der Waals surface area (Å²) in [6, 6.07) is 0. The van der Waals surface area contributed by atoms with Gasteiger partial charge in [-0.05, 0) is 42.5 Å². The van der Waals surface area contributed by atoms with Crippen LogP contribution in [0.4, 0.5) is 0 Å². The first-order chi connectivity index (χ1) is 15.7. The lowest BCUT2D eigenvalue weighted by Crippen LogP contribution is -2.79. The highest BCUT2D eigenvalue weighted by atomic mass is 32.2. The van der Waals surface area contributed by atoms with Crippen LogP contribution in [0.25, 0.3) is 0 Å². The lowest BCUT2D eigenvalue weighted by atomic mass is 9.42. The van der Waals surface area contributed by atoms with Crippen molar-refractivity contribution in [2.24, 2.45) is 28.6 Å². The van der Waals surface area contributed by atoms with E-state index in [-0.39, 0.29) is 31.0 Å². The van der Waals surface area contributed by atoms with Gasteiger partial charge in [-0.2, -0.15) is 0 Å². The number of carbonyl (C=O) groups is 2. The molecule has 186 valence electrons. The lowest BCUT2D eigenvalue weighted by Gasteiger charge is -2.67. The quantitative estimate of drug-likeness (QED) is 0.358. The average molecular weight is 485 g/mol. The van der Waals surface area contributed by atoms with E-state index in [0.717, 1.165) is 23.2 Å². The Bertz CT molecular complexity index is 921. The van der Waals surface area contributed by atoms with Crippen molar-refractivity contribution in [1.82, 2.24) is 0 Å². The van der Waals surface area contributed by atoms with Crippen molar-refractivity contribution < 1.29 is 34.8 Å². The molecule has 1 saturated heterocycles. The van der Waals surface area contributed by atoms with E-state index < -0.39 is 58.1 Å². The second-order valence-corrected chi connectivity index (χ2v) is 11.8. The Morgan fingerprint density at radius 2 is 1.94 bits per heavy atom. The summed E-state index contributed by atoms with van der Waals surface area (Å²) in [5.74, 6) is -2.16. The molecule has 2 N–H and O–H groups in total. The minimum atomic E-state index is -1.63. The average Bonchev–Trinajstić information content (AvgIpc) is 2.74. The van der Waals surface area contributed by atoms with Crippen LogP contribution in [0.3, 0.4) is 0 Å². The standard InChI is InChI=1S/C25H38O7S/c1-12-9-17-24(28,11-30-17)19-21(31-15(4)26)25(29)10-16(32-33-8)13(2)18(22(25,5)6)14(3)20(27)23(12,19)7/h12,14,16-17,19,21,28-29H,9-11H2,1-8H3/t12-,14+,16-,17+,19-,21-,23+,24-,25+/m0/s1/i8T. The number of aliphatic hydroxyl groups is 2. The van der Waals surface area contributed by atoms with Gasteiger partial charge in [-0.1, -0.05) is 34.6 Å². The van der Waals surface area contributed by atoms with E-state index >= 15 is 0 Å². The summed E-state index contributed by atoms with van der Waals surface area (Å²) in [5, 5.41) is 24.5. The number of hydrogen-bond acceptors (Lipinski definition) is 8.